The van der Waals surface area contributed by atoms with E-state index >= 15 is 0 Å². The molecule has 0 spiro atoms. The summed E-state index contributed by atoms with van der Waals surface area (Å²) in [5.74, 6) is 0.0664. The Morgan fingerprint density at radius 3 is 2.62 bits per heavy atom. The number of likely N-dealkylation sites (N-methyl/N-ethyl adjacent to an activating group) is 1. The normalized spacial score (nSPS) is 22.4. The number of fused-ring (bicyclic) bond motifs is 1. The molecule has 0 saturated carbocycles. The molecular weight excluding hydrogens is 262 g/mol. The van der Waals surface area contributed by atoms with Gasteiger partial charge in [0.05, 0.1) is 0 Å². The minimum Gasteiger partial charge on any atom is -0.371 e. The lowest BCUT2D eigenvalue weighted by Gasteiger charge is -2.27. The van der Waals surface area contributed by atoms with Crippen LogP contribution >= 0.6 is 0 Å². The third kappa shape index (κ3) is 3.05. The summed E-state index contributed by atoms with van der Waals surface area (Å²) in [6, 6.07) is 6.23. The highest BCUT2D eigenvalue weighted by atomic mass is 16.2. The van der Waals surface area contributed by atoms with Crippen molar-refractivity contribution < 1.29 is 4.79 Å². The van der Waals surface area contributed by atoms with Crippen LogP contribution in [0.2, 0.25) is 0 Å². The molecule has 2 aliphatic heterocycles. The van der Waals surface area contributed by atoms with Crippen LogP contribution in [0.25, 0.3) is 0 Å². The Labute approximate surface area is 126 Å². The Hall–Kier alpha value is -1.55. The molecule has 0 aliphatic carbocycles. The number of hydrogen-bond acceptors (Lipinski definition) is 3. The smallest absolute Gasteiger partial charge is 0.246 e. The van der Waals surface area contributed by atoms with Crippen LogP contribution in [0, 0.1) is 0 Å². The van der Waals surface area contributed by atoms with E-state index in [0.29, 0.717) is 0 Å². The highest BCUT2D eigenvalue weighted by molar-refractivity contribution is 6.03. The maximum absolute atomic E-state index is 12.0. The van der Waals surface area contributed by atoms with Crippen LogP contribution in [0.15, 0.2) is 18.2 Å². The van der Waals surface area contributed by atoms with Crippen molar-refractivity contribution in [2.45, 2.75) is 45.1 Å². The van der Waals surface area contributed by atoms with Gasteiger partial charge in [-0.05, 0) is 31.5 Å². The zero-order valence-electron chi connectivity index (χ0n) is 12.8. The second kappa shape index (κ2) is 6.48. The van der Waals surface area contributed by atoms with Crippen LogP contribution in [0.1, 0.15) is 50.6 Å². The number of nitrogens with one attached hydrogen (secondary N) is 2. The molecule has 2 heterocycles. The monoisotopic (exact) mass is 287 g/mol. The molecule has 3 rings (SSSR count). The van der Waals surface area contributed by atoms with Gasteiger partial charge in [0.1, 0.15) is 6.04 Å². The van der Waals surface area contributed by atoms with E-state index in [4.69, 9.17) is 0 Å². The van der Waals surface area contributed by atoms with Gasteiger partial charge < -0.3 is 15.5 Å². The molecule has 0 aromatic heterocycles. The van der Waals surface area contributed by atoms with Gasteiger partial charge in [0.15, 0.2) is 0 Å². The van der Waals surface area contributed by atoms with E-state index in [-0.39, 0.29) is 11.9 Å². The fourth-order valence-corrected chi connectivity index (χ4v) is 3.36. The standard InChI is InChI=1S/C17H25N3O/c1-2-18-16-14-9-8-13(12-15(14)19-17(16)21)20-10-6-4-3-5-7-11-20/h8-9,12,16,18H,2-7,10-11H2,1H3,(H,19,21). The van der Waals surface area contributed by atoms with E-state index < -0.39 is 0 Å². The van der Waals surface area contributed by atoms with Gasteiger partial charge in [0, 0.05) is 30.0 Å². The van der Waals surface area contributed by atoms with Gasteiger partial charge >= 0.3 is 0 Å². The van der Waals surface area contributed by atoms with Crippen molar-refractivity contribution in [1.82, 2.24) is 5.32 Å². The molecule has 1 saturated heterocycles. The van der Waals surface area contributed by atoms with Crippen LogP contribution in [-0.4, -0.2) is 25.5 Å². The minimum absolute atomic E-state index is 0.0664. The molecule has 0 bridgehead atoms. The quantitative estimate of drug-likeness (QED) is 0.898. The Morgan fingerprint density at radius 1 is 1.19 bits per heavy atom. The number of carbonyl (C=O) groups is 1. The summed E-state index contributed by atoms with van der Waals surface area (Å²) in [6.07, 6.45) is 6.58. The molecule has 2 N–H and O–H groups in total. The van der Waals surface area contributed by atoms with Gasteiger partial charge in [-0.25, -0.2) is 0 Å². The van der Waals surface area contributed by atoms with Gasteiger partial charge in [0.2, 0.25) is 5.91 Å². The maximum Gasteiger partial charge on any atom is 0.246 e. The largest absolute Gasteiger partial charge is 0.371 e. The number of nitrogens with zero attached hydrogens (tertiary/aromatic N) is 1. The number of benzene rings is 1. The third-order valence-electron chi connectivity index (χ3n) is 4.50. The van der Waals surface area contributed by atoms with Crippen LogP contribution in [0.5, 0.6) is 0 Å². The predicted molar refractivity (Wildman–Crippen MR) is 86.8 cm³/mol. The molecule has 4 heteroatoms. The van der Waals surface area contributed by atoms with E-state index in [9.17, 15) is 4.79 Å². The summed E-state index contributed by atoms with van der Waals surface area (Å²) in [7, 11) is 0. The van der Waals surface area contributed by atoms with Crippen LogP contribution < -0.4 is 15.5 Å². The van der Waals surface area contributed by atoms with E-state index in [2.05, 4.69) is 33.7 Å². The number of anilines is 2. The first kappa shape index (κ1) is 14.4. The van der Waals surface area contributed by atoms with E-state index in [1.165, 1.54) is 37.8 Å². The summed E-state index contributed by atoms with van der Waals surface area (Å²) in [4.78, 5) is 14.5. The molecule has 114 valence electrons. The van der Waals surface area contributed by atoms with Crippen LogP contribution in [-0.2, 0) is 4.79 Å². The Morgan fingerprint density at radius 2 is 1.90 bits per heavy atom. The molecule has 1 aromatic carbocycles. The maximum atomic E-state index is 12.0. The summed E-state index contributed by atoms with van der Waals surface area (Å²) < 4.78 is 0. The molecule has 0 radical (unpaired) electrons. The predicted octanol–water partition coefficient (Wildman–Crippen LogP) is 3.06. The second-order valence-electron chi connectivity index (χ2n) is 6.01. The molecule has 1 atom stereocenters. The van der Waals surface area contributed by atoms with Crippen LogP contribution in [0.3, 0.4) is 0 Å². The van der Waals surface area contributed by atoms with Crippen molar-refractivity contribution in [3.8, 4) is 0 Å². The zero-order valence-corrected chi connectivity index (χ0v) is 12.8. The minimum atomic E-state index is -0.189. The lowest BCUT2D eigenvalue weighted by Crippen LogP contribution is -2.27. The average Bonchev–Trinajstić information content (AvgIpc) is 2.74. The highest BCUT2D eigenvalue weighted by Crippen LogP contribution is 2.34. The van der Waals surface area contributed by atoms with E-state index in [1.807, 2.05) is 6.92 Å². The summed E-state index contributed by atoms with van der Waals surface area (Å²) in [5.41, 5.74) is 3.30. The SMILES string of the molecule is CCNC1C(=O)Nc2cc(N3CCCCCCC3)ccc21. The summed E-state index contributed by atoms with van der Waals surface area (Å²) in [6.45, 7) is 5.08. The van der Waals surface area contributed by atoms with Crippen molar-refractivity contribution >= 4 is 17.3 Å². The first-order chi connectivity index (χ1) is 10.3. The first-order valence-electron chi connectivity index (χ1n) is 8.22. The summed E-state index contributed by atoms with van der Waals surface area (Å²) >= 11 is 0. The molecule has 1 aromatic rings. The summed E-state index contributed by atoms with van der Waals surface area (Å²) in [5, 5.41) is 6.25. The van der Waals surface area contributed by atoms with Gasteiger partial charge in [-0.1, -0.05) is 32.3 Å². The first-order valence-corrected chi connectivity index (χ1v) is 8.22. The van der Waals surface area contributed by atoms with Crippen molar-refractivity contribution in [2.24, 2.45) is 0 Å². The molecule has 4 nitrogen and oxygen atoms in total. The number of rotatable bonds is 3. The number of carbonyl (C=O) groups excluding carboxylic acids is 1. The molecule has 1 unspecified atom stereocenters. The van der Waals surface area contributed by atoms with Crippen molar-refractivity contribution in [1.29, 1.82) is 0 Å². The Kier molecular flexibility index (Phi) is 4.44. The third-order valence-corrected chi connectivity index (χ3v) is 4.50. The average molecular weight is 287 g/mol. The van der Waals surface area contributed by atoms with E-state index in [0.717, 1.165) is 30.9 Å². The lowest BCUT2D eigenvalue weighted by molar-refractivity contribution is -0.117. The Balaban J connectivity index is 1.80. The molecule has 21 heavy (non-hydrogen) atoms. The van der Waals surface area contributed by atoms with Crippen LogP contribution in [0.4, 0.5) is 11.4 Å². The van der Waals surface area contributed by atoms with Crippen molar-refractivity contribution in [2.75, 3.05) is 29.9 Å². The second-order valence-corrected chi connectivity index (χ2v) is 6.01. The lowest BCUT2D eigenvalue weighted by atomic mass is 10.1. The van der Waals surface area contributed by atoms with Gasteiger partial charge in [-0.15, -0.1) is 0 Å². The van der Waals surface area contributed by atoms with Crippen molar-refractivity contribution in [3.05, 3.63) is 23.8 Å². The van der Waals surface area contributed by atoms with Gasteiger partial charge in [-0.2, -0.15) is 0 Å². The van der Waals surface area contributed by atoms with E-state index in [1.54, 1.807) is 0 Å². The molecule has 2 aliphatic rings. The molecule has 1 fully saturated rings. The highest BCUT2D eigenvalue weighted by Gasteiger charge is 2.30. The molecule has 1 amide bonds. The number of hydrogen-bond donors (Lipinski definition) is 2. The van der Waals surface area contributed by atoms with Crippen molar-refractivity contribution in [3.63, 3.8) is 0 Å². The zero-order chi connectivity index (χ0) is 14.7. The topological polar surface area (TPSA) is 44.4 Å². The van der Waals surface area contributed by atoms with Gasteiger partial charge in [0.25, 0.3) is 0 Å². The fraction of sp³-hybridized carbons (Fsp3) is 0.588. The van der Waals surface area contributed by atoms with Gasteiger partial charge in [-0.3, -0.25) is 4.79 Å². The fourth-order valence-electron chi connectivity index (χ4n) is 3.36. The molecular formula is C17H25N3O. The Bertz CT molecular complexity index is 507. The number of amides is 1.